The third kappa shape index (κ3) is 11.0. The van der Waals surface area contributed by atoms with Crippen LogP contribution in [0.2, 0.25) is 5.02 Å². The number of aryl methyl sites for hydroxylation is 1. The molecular weight excluding hydrogens is 445 g/mol. The van der Waals surface area contributed by atoms with E-state index in [1.807, 2.05) is 34.6 Å². The highest BCUT2D eigenvalue weighted by atomic mass is 35.5. The molecule has 1 fully saturated rings. The fourth-order valence-corrected chi connectivity index (χ4v) is 3.22. The van der Waals surface area contributed by atoms with Crippen LogP contribution in [0.1, 0.15) is 59.4 Å². The van der Waals surface area contributed by atoms with Crippen LogP contribution in [0.5, 0.6) is 0 Å². The van der Waals surface area contributed by atoms with E-state index in [1.54, 1.807) is 18.3 Å². The number of hydrogen-bond acceptors (Lipinski definition) is 4. The fraction of sp³-hybridized carbons (Fsp3) is 0.520. The monoisotopic (exact) mass is 485 g/mol. The van der Waals surface area contributed by atoms with Gasteiger partial charge in [0.15, 0.2) is 0 Å². The minimum Gasteiger partial charge on any atom is -0.376 e. The van der Waals surface area contributed by atoms with Crippen molar-refractivity contribution < 1.29 is 18.7 Å². The Morgan fingerprint density at radius 3 is 2.45 bits per heavy atom. The number of carbonyl (C=O) groups is 2. The van der Waals surface area contributed by atoms with E-state index in [2.05, 4.69) is 17.3 Å². The molecule has 1 aliphatic rings. The molecule has 1 aliphatic heterocycles. The molecule has 3 N–H and O–H groups in total. The molecule has 0 aliphatic carbocycles. The van der Waals surface area contributed by atoms with Gasteiger partial charge in [-0.3, -0.25) is 14.5 Å². The second kappa shape index (κ2) is 20.4. The zero-order valence-electron chi connectivity index (χ0n) is 20.9. The van der Waals surface area contributed by atoms with Crippen molar-refractivity contribution in [3.05, 3.63) is 47.4 Å². The van der Waals surface area contributed by atoms with Crippen molar-refractivity contribution in [1.29, 1.82) is 0 Å². The van der Waals surface area contributed by atoms with Crippen molar-refractivity contribution >= 4 is 34.8 Å². The normalized spacial score (nSPS) is 13.5. The third-order valence-corrected chi connectivity index (χ3v) is 4.68. The van der Waals surface area contributed by atoms with Gasteiger partial charge in [0.2, 0.25) is 12.3 Å². The summed E-state index contributed by atoms with van der Waals surface area (Å²) in [5.41, 5.74) is 5.88. The number of aromatic amines is 1. The zero-order chi connectivity index (χ0) is 25.8. The first kappa shape index (κ1) is 33.0. The molecule has 1 atom stereocenters. The molecule has 1 aromatic carbocycles. The number of nitrogens with one attached hydrogen (secondary N) is 1. The number of imide groups is 1. The van der Waals surface area contributed by atoms with E-state index in [1.165, 1.54) is 18.0 Å². The van der Waals surface area contributed by atoms with Crippen molar-refractivity contribution in [2.45, 2.75) is 66.4 Å². The lowest BCUT2D eigenvalue weighted by molar-refractivity contribution is -0.139. The standard InChI is InChI=1S/C17H18ClFN2O3.C3H6.2C2H6.CH5N/c18-16-14(19)5-4-13-11(8-20-17(13)16)3-6-15(23)21(10-22)9-12-2-1-7-24-12;1-3-2;3*1-2/h4-5,8,10,12,20H,1-3,6-7,9H2;3H,1H2,2H3;2*1-2H3;2H2,1H3. The molecule has 1 aromatic heterocycles. The molecular formula is C25H41ClFN3O3. The van der Waals surface area contributed by atoms with Gasteiger partial charge in [-0.05, 0) is 50.9 Å². The highest BCUT2D eigenvalue weighted by Gasteiger charge is 2.22. The van der Waals surface area contributed by atoms with Gasteiger partial charge < -0.3 is 15.5 Å². The van der Waals surface area contributed by atoms with Gasteiger partial charge in [0.1, 0.15) is 10.8 Å². The minimum absolute atomic E-state index is 0.0398. The second-order valence-electron chi connectivity index (χ2n) is 6.29. The maximum atomic E-state index is 13.5. The summed E-state index contributed by atoms with van der Waals surface area (Å²) in [5, 5.41) is 0.823. The van der Waals surface area contributed by atoms with E-state index >= 15 is 0 Å². The SMILES string of the molecule is C=CC.CC.CC.CN.O=CN(CC1CCCO1)C(=O)CCc1c[nH]c2c(Cl)c(F)ccc12. The minimum atomic E-state index is -0.489. The number of rotatable bonds is 6. The first-order chi connectivity index (χ1) is 16.0. The number of carbonyl (C=O) groups excluding carboxylic acids is 2. The Balaban J connectivity index is 0. The lowest BCUT2D eigenvalue weighted by Crippen LogP contribution is -2.36. The van der Waals surface area contributed by atoms with E-state index in [9.17, 15) is 14.0 Å². The smallest absolute Gasteiger partial charge is 0.229 e. The highest BCUT2D eigenvalue weighted by Crippen LogP contribution is 2.28. The van der Waals surface area contributed by atoms with Crippen LogP contribution in [0.25, 0.3) is 10.9 Å². The van der Waals surface area contributed by atoms with Crippen LogP contribution in [0, 0.1) is 5.82 Å². The second-order valence-corrected chi connectivity index (χ2v) is 6.67. The summed E-state index contributed by atoms with van der Waals surface area (Å²) in [6, 6.07) is 2.94. The van der Waals surface area contributed by atoms with Crippen LogP contribution >= 0.6 is 11.6 Å². The molecule has 0 spiro atoms. The Kier molecular flexibility index (Phi) is 20.4. The summed E-state index contributed by atoms with van der Waals surface area (Å²) in [6.07, 6.45) is 6.42. The van der Waals surface area contributed by atoms with Gasteiger partial charge in [0.25, 0.3) is 0 Å². The average molecular weight is 486 g/mol. The predicted octanol–water partition coefficient (Wildman–Crippen LogP) is 5.88. The maximum absolute atomic E-state index is 13.5. The van der Waals surface area contributed by atoms with Crippen molar-refractivity contribution in [2.24, 2.45) is 5.73 Å². The summed E-state index contributed by atoms with van der Waals surface area (Å²) in [6.45, 7) is 14.2. The number of fused-ring (bicyclic) bond motifs is 1. The predicted molar refractivity (Wildman–Crippen MR) is 137 cm³/mol. The maximum Gasteiger partial charge on any atom is 0.229 e. The van der Waals surface area contributed by atoms with Crippen LogP contribution in [0.3, 0.4) is 0 Å². The van der Waals surface area contributed by atoms with E-state index in [4.69, 9.17) is 16.3 Å². The number of H-pyrrole nitrogens is 1. The van der Waals surface area contributed by atoms with E-state index in [0.717, 1.165) is 23.8 Å². The van der Waals surface area contributed by atoms with E-state index in [0.29, 0.717) is 31.5 Å². The number of nitrogens with zero attached hydrogens (tertiary/aromatic N) is 1. The van der Waals surface area contributed by atoms with Gasteiger partial charge in [-0.15, -0.1) is 6.58 Å². The van der Waals surface area contributed by atoms with Crippen molar-refractivity contribution in [3.63, 3.8) is 0 Å². The molecule has 0 saturated carbocycles. The Morgan fingerprint density at radius 2 is 1.94 bits per heavy atom. The van der Waals surface area contributed by atoms with Crippen LogP contribution in [-0.2, 0) is 20.7 Å². The number of allylic oxidation sites excluding steroid dienone is 1. The van der Waals surface area contributed by atoms with Crippen LogP contribution in [0.4, 0.5) is 4.39 Å². The lowest BCUT2D eigenvalue weighted by Gasteiger charge is -2.19. The Bertz CT molecular complexity index is 806. The van der Waals surface area contributed by atoms with Crippen molar-refractivity contribution in [3.8, 4) is 0 Å². The quantitative estimate of drug-likeness (QED) is 0.395. The molecule has 0 bridgehead atoms. The van der Waals surface area contributed by atoms with E-state index in [-0.39, 0.29) is 23.5 Å². The average Bonchev–Trinajstić information content (AvgIpc) is 3.53. The number of benzene rings is 1. The Labute approximate surface area is 203 Å². The van der Waals surface area contributed by atoms with Gasteiger partial charge in [0.05, 0.1) is 18.2 Å². The molecule has 2 aromatic rings. The summed E-state index contributed by atoms with van der Waals surface area (Å²) >= 11 is 5.93. The molecule has 188 valence electrons. The number of ether oxygens (including phenoxy) is 1. The number of hydrogen-bond donors (Lipinski definition) is 2. The molecule has 2 heterocycles. The topological polar surface area (TPSA) is 88.4 Å². The summed E-state index contributed by atoms with van der Waals surface area (Å²) in [4.78, 5) is 27.5. The zero-order valence-corrected chi connectivity index (χ0v) is 21.7. The van der Waals surface area contributed by atoms with Gasteiger partial charge in [-0.25, -0.2) is 4.39 Å². The van der Waals surface area contributed by atoms with Gasteiger partial charge in [-0.2, -0.15) is 0 Å². The fourth-order valence-electron chi connectivity index (χ4n) is 3.00. The molecule has 33 heavy (non-hydrogen) atoms. The first-order valence-corrected chi connectivity index (χ1v) is 11.8. The third-order valence-electron chi connectivity index (χ3n) is 4.31. The molecule has 2 amide bonds. The molecule has 6 nitrogen and oxygen atoms in total. The van der Waals surface area contributed by atoms with Gasteiger partial charge in [0, 0.05) is 24.6 Å². The van der Waals surface area contributed by atoms with Gasteiger partial charge >= 0.3 is 0 Å². The molecule has 0 radical (unpaired) electrons. The molecule has 1 saturated heterocycles. The summed E-state index contributed by atoms with van der Waals surface area (Å²) in [5.74, 6) is -0.736. The number of amides is 2. The highest BCUT2D eigenvalue weighted by molar-refractivity contribution is 6.35. The number of nitrogens with two attached hydrogens (primary N) is 1. The summed E-state index contributed by atoms with van der Waals surface area (Å²) < 4.78 is 18.9. The van der Waals surface area contributed by atoms with Crippen LogP contribution in [-0.4, -0.2) is 48.5 Å². The summed E-state index contributed by atoms with van der Waals surface area (Å²) in [7, 11) is 1.50. The van der Waals surface area contributed by atoms with Crippen LogP contribution in [0.15, 0.2) is 31.0 Å². The lowest BCUT2D eigenvalue weighted by atomic mass is 10.1. The Morgan fingerprint density at radius 1 is 1.33 bits per heavy atom. The van der Waals surface area contributed by atoms with Crippen molar-refractivity contribution in [1.82, 2.24) is 9.88 Å². The number of halogens is 2. The largest absolute Gasteiger partial charge is 0.376 e. The van der Waals surface area contributed by atoms with Gasteiger partial charge in [-0.1, -0.05) is 45.4 Å². The van der Waals surface area contributed by atoms with E-state index < -0.39 is 5.82 Å². The first-order valence-electron chi connectivity index (χ1n) is 11.5. The molecule has 1 unspecified atom stereocenters. The van der Waals surface area contributed by atoms with Crippen molar-refractivity contribution in [2.75, 3.05) is 20.2 Å². The number of aromatic nitrogens is 1. The van der Waals surface area contributed by atoms with Crippen LogP contribution < -0.4 is 5.73 Å². The Hall–Kier alpha value is -2.22. The molecule has 3 rings (SSSR count). The molecule has 8 heteroatoms.